The minimum atomic E-state index is -0.784. The Kier molecular flexibility index (Phi) is 5.03. The summed E-state index contributed by atoms with van der Waals surface area (Å²) in [6, 6.07) is 8.47. The second-order valence-corrected chi connectivity index (χ2v) is 6.44. The highest BCUT2D eigenvalue weighted by molar-refractivity contribution is 5.99. The Balaban J connectivity index is 1.84. The predicted octanol–water partition coefficient (Wildman–Crippen LogP) is 2.31. The molecule has 1 aliphatic heterocycles. The summed E-state index contributed by atoms with van der Waals surface area (Å²) in [5.74, 6) is -0.673. The van der Waals surface area contributed by atoms with Gasteiger partial charge in [0, 0.05) is 0 Å². The van der Waals surface area contributed by atoms with Crippen LogP contribution < -0.4 is 0 Å². The lowest BCUT2D eigenvalue weighted by molar-refractivity contribution is -0.151. The predicted molar refractivity (Wildman–Crippen MR) is 82.6 cm³/mol. The monoisotopic (exact) mass is 319 g/mol. The van der Waals surface area contributed by atoms with E-state index >= 15 is 0 Å². The fourth-order valence-electron chi connectivity index (χ4n) is 2.14. The molecule has 1 saturated heterocycles. The van der Waals surface area contributed by atoms with Crippen molar-refractivity contribution in [2.45, 2.75) is 45.4 Å². The molecule has 6 nitrogen and oxygen atoms in total. The van der Waals surface area contributed by atoms with Gasteiger partial charge in [0.1, 0.15) is 18.2 Å². The fourth-order valence-corrected chi connectivity index (χ4v) is 2.14. The van der Waals surface area contributed by atoms with Crippen molar-refractivity contribution in [2.24, 2.45) is 0 Å². The summed E-state index contributed by atoms with van der Waals surface area (Å²) in [6.45, 7) is 5.36. The molecule has 124 valence electrons. The molecule has 6 heteroatoms. The molecule has 23 heavy (non-hydrogen) atoms. The summed E-state index contributed by atoms with van der Waals surface area (Å²) in [7, 11) is 0. The van der Waals surface area contributed by atoms with Crippen LogP contribution in [-0.4, -0.2) is 40.9 Å². The first-order valence-electron chi connectivity index (χ1n) is 7.48. The Morgan fingerprint density at radius 2 is 1.87 bits per heavy atom. The molecule has 0 radical (unpaired) electrons. The van der Waals surface area contributed by atoms with Crippen LogP contribution in [0, 0.1) is 0 Å². The first-order chi connectivity index (χ1) is 10.8. The van der Waals surface area contributed by atoms with Crippen LogP contribution in [0.2, 0.25) is 0 Å². The minimum absolute atomic E-state index is 0.0223. The molecule has 0 aliphatic carbocycles. The number of hydrogen-bond donors (Lipinski definition) is 0. The molecule has 2 rings (SSSR count). The maximum Gasteiger partial charge on any atom is 0.411 e. The number of amides is 1. The van der Waals surface area contributed by atoms with E-state index < -0.39 is 23.7 Å². The lowest BCUT2D eigenvalue weighted by Crippen LogP contribution is -2.61. The molecule has 1 aromatic rings. The zero-order chi connectivity index (χ0) is 17.0. The van der Waals surface area contributed by atoms with Crippen molar-refractivity contribution in [2.75, 3.05) is 6.54 Å². The number of carbonyl (C=O) groups excluding carboxylic acids is 3. The maximum atomic E-state index is 12.0. The van der Waals surface area contributed by atoms with E-state index in [1.54, 1.807) is 20.8 Å². The molecule has 1 amide bonds. The molecule has 0 spiro atoms. The third-order valence-electron chi connectivity index (χ3n) is 3.30. The van der Waals surface area contributed by atoms with E-state index in [2.05, 4.69) is 0 Å². The second kappa shape index (κ2) is 6.81. The van der Waals surface area contributed by atoms with Crippen molar-refractivity contribution in [1.82, 2.24) is 4.90 Å². The normalized spacial score (nSPS) is 17.4. The molecule has 0 N–H and O–H groups in total. The van der Waals surface area contributed by atoms with Crippen molar-refractivity contribution >= 4 is 17.8 Å². The van der Waals surface area contributed by atoms with Crippen LogP contribution in [0.5, 0.6) is 0 Å². The number of likely N-dealkylation sites (tertiary alicyclic amines) is 1. The van der Waals surface area contributed by atoms with Crippen molar-refractivity contribution in [1.29, 1.82) is 0 Å². The van der Waals surface area contributed by atoms with E-state index in [-0.39, 0.29) is 25.4 Å². The Labute approximate surface area is 135 Å². The molecular weight excluding hydrogens is 298 g/mol. The van der Waals surface area contributed by atoms with Crippen molar-refractivity contribution in [3.8, 4) is 0 Å². The Morgan fingerprint density at radius 1 is 1.22 bits per heavy atom. The van der Waals surface area contributed by atoms with E-state index in [0.717, 1.165) is 5.56 Å². The lowest BCUT2D eigenvalue weighted by atomic mass is 9.99. The van der Waals surface area contributed by atoms with Gasteiger partial charge in [0.25, 0.3) is 0 Å². The van der Waals surface area contributed by atoms with Gasteiger partial charge in [-0.25, -0.2) is 4.79 Å². The highest BCUT2D eigenvalue weighted by Gasteiger charge is 2.44. The quantitative estimate of drug-likeness (QED) is 0.796. The zero-order valence-electron chi connectivity index (χ0n) is 13.6. The standard InChI is InChI=1S/C17H21NO5/c1-17(2,3)23-16(21)18-10-14(19)13(18)9-15(20)22-11-12-7-5-4-6-8-12/h4-8,13H,9-11H2,1-3H3. The van der Waals surface area contributed by atoms with E-state index in [4.69, 9.17) is 9.47 Å². The second-order valence-electron chi connectivity index (χ2n) is 6.44. The summed E-state index contributed by atoms with van der Waals surface area (Å²) < 4.78 is 10.4. The molecule has 1 unspecified atom stereocenters. The topological polar surface area (TPSA) is 72.9 Å². The van der Waals surface area contributed by atoms with Crippen LogP contribution in [0.15, 0.2) is 30.3 Å². The van der Waals surface area contributed by atoms with Crippen LogP contribution in [0.4, 0.5) is 4.79 Å². The van der Waals surface area contributed by atoms with Crippen LogP contribution >= 0.6 is 0 Å². The van der Waals surface area contributed by atoms with Crippen LogP contribution in [0.1, 0.15) is 32.8 Å². The van der Waals surface area contributed by atoms with Crippen molar-refractivity contribution in [3.05, 3.63) is 35.9 Å². The van der Waals surface area contributed by atoms with Gasteiger partial charge in [0.15, 0.2) is 5.78 Å². The van der Waals surface area contributed by atoms with Gasteiger partial charge in [-0.1, -0.05) is 30.3 Å². The zero-order valence-corrected chi connectivity index (χ0v) is 13.6. The molecule has 1 fully saturated rings. The summed E-state index contributed by atoms with van der Waals surface area (Å²) in [5.41, 5.74) is 0.221. The van der Waals surface area contributed by atoms with Gasteiger partial charge in [0.05, 0.1) is 13.0 Å². The van der Waals surface area contributed by atoms with Gasteiger partial charge in [0.2, 0.25) is 0 Å². The first-order valence-corrected chi connectivity index (χ1v) is 7.48. The average molecular weight is 319 g/mol. The van der Waals surface area contributed by atoms with Crippen LogP contribution in [0.3, 0.4) is 0 Å². The number of rotatable bonds is 4. The first kappa shape index (κ1) is 17.0. The van der Waals surface area contributed by atoms with E-state index in [0.29, 0.717) is 0 Å². The number of ketones is 1. The maximum absolute atomic E-state index is 12.0. The summed E-state index contributed by atoms with van der Waals surface area (Å²) in [6.07, 6.45) is -0.733. The highest BCUT2D eigenvalue weighted by Crippen LogP contribution is 2.21. The molecule has 0 saturated carbocycles. The van der Waals surface area contributed by atoms with E-state index in [9.17, 15) is 14.4 Å². The van der Waals surface area contributed by atoms with Gasteiger partial charge in [-0.2, -0.15) is 0 Å². The van der Waals surface area contributed by atoms with Gasteiger partial charge in [-0.05, 0) is 26.3 Å². The summed E-state index contributed by atoms with van der Waals surface area (Å²) >= 11 is 0. The molecular formula is C17H21NO5. The Morgan fingerprint density at radius 3 is 2.43 bits per heavy atom. The fraction of sp³-hybridized carbons (Fsp3) is 0.471. The van der Waals surface area contributed by atoms with Gasteiger partial charge >= 0.3 is 12.1 Å². The highest BCUT2D eigenvalue weighted by atomic mass is 16.6. The number of benzene rings is 1. The smallest absolute Gasteiger partial charge is 0.411 e. The largest absolute Gasteiger partial charge is 0.461 e. The third kappa shape index (κ3) is 4.81. The minimum Gasteiger partial charge on any atom is -0.461 e. The number of esters is 1. The molecule has 1 aromatic carbocycles. The average Bonchev–Trinajstić information content (AvgIpc) is 2.47. The number of Topliss-reactive ketones (excluding diaryl/α,β-unsaturated/α-hetero) is 1. The third-order valence-corrected chi connectivity index (χ3v) is 3.30. The Hall–Kier alpha value is -2.37. The SMILES string of the molecule is CC(C)(C)OC(=O)N1CC(=O)C1CC(=O)OCc1ccccc1. The molecule has 1 atom stereocenters. The summed E-state index contributed by atoms with van der Waals surface area (Å²) in [4.78, 5) is 36.7. The molecule has 0 aromatic heterocycles. The van der Waals surface area contributed by atoms with E-state index in [1.165, 1.54) is 4.90 Å². The molecule has 0 bridgehead atoms. The lowest BCUT2D eigenvalue weighted by Gasteiger charge is -2.39. The number of nitrogens with zero attached hydrogens (tertiary/aromatic N) is 1. The van der Waals surface area contributed by atoms with Gasteiger partial charge in [-0.15, -0.1) is 0 Å². The number of carbonyl (C=O) groups is 3. The van der Waals surface area contributed by atoms with Crippen molar-refractivity contribution < 1.29 is 23.9 Å². The molecule has 1 heterocycles. The van der Waals surface area contributed by atoms with Crippen LogP contribution in [-0.2, 0) is 25.7 Å². The van der Waals surface area contributed by atoms with Gasteiger partial charge in [-0.3, -0.25) is 14.5 Å². The van der Waals surface area contributed by atoms with Crippen LogP contribution in [0.25, 0.3) is 0 Å². The summed E-state index contributed by atoms with van der Waals surface area (Å²) in [5, 5.41) is 0. The number of ether oxygens (including phenoxy) is 2. The van der Waals surface area contributed by atoms with Crippen molar-refractivity contribution in [3.63, 3.8) is 0 Å². The van der Waals surface area contributed by atoms with Gasteiger partial charge < -0.3 is 9.47 Å². The van der Waals surface area contributed by atoms with E-state index in [1.807, 2.05) is 30.3 Å². The number of hydrogen-bond acceptors (Lipinski definition) is 5. The Bertz CT molecular complexity index is 591. The molecule has 1 aliphatic rings.